The number of hydrogen-bond donors (Lipinski definition) is 1. The third-order valence-electron chi connectivity index (χ3n) is 4.23. The van der Waals surface area contributed by atoms with Crippen molar-refractivity contribution >= 4 is 23.2 Å². The van der Waals surface area contributed by atoms with Crippen molar-refractivity contribution in [3.63, 3.8) is 0 Å². The number of hydrogen-bond acceptors (Lipinski definition) is 8. The van der Waals surface area contributed by atoms with Crippen LogP contribution < -0.4 is 10.1 Å². The maximum atomic E-state index is 11.7. The van der Waals surface area contributed by atoms with E-state index in [2.05, 4.69) is 20.0 Å². The maximum absolute atomic E-state index is 11.7. The standard InChI is InChI=1S/C20H18N4O5/c1-12-4-7-15(10-13(12)2)23-18-17(24(26)27)19(22-11-21-18)29-16-8-5-14(6-9-16)20(25)28-3/h4-11H,1-3H3,(H,21,22,23). The second-order valence-corrected chi connectivity index (χ2v) is 6.18. The average molecular weight is 394 g/mol. The first-order chi connectivity index (χ1) is 13.9. The summed E-state index contributed by atoms with van der Waals surface area (Å²) in [4.78, 5) is 30.5. The Morgan fingerprint density at radius 1 is 1.07 bits per heavy atom. The van der Waals surface area contributed by atoms with E-state index in [-0.39, 0.29) is 17.4 Å². The molecule has 0 saturated heterocycles. The molecule has 0 amide bonds. The average Bonchev–Trinajstić information content (AvgIpc) is 2.70. The van der Waals surface area contributed by atoms with Gasteiger partial charge in [0, 0.05) is 5.69 Å². The Kier molecular flexibility index (Phi) is 5.68. The second-order valence-electron chi connectivity index (χ2n) is 6.18. The quantitative estimate of drug-likeness (QED) is 0.373. The van der Waals surface area contributed by atoms with Crippen LogP contribution in [0.1, 0.15) is 21.5 Å². The lowest BCUT2D eigenvalue weighted by molar-refractivity contribution is -0.385. The lowest BCUT2D eigenvalue weighted by atomic mass is 10.1. The fourth-order valence-electron chi connectivity index (χ4n) is 2.54. The smallest absolute Gasteiger partial charge is 0.373 e. The van der Waals surface area contributed by atoms with Gasteiger partial charge in [0.15, 0.2) is 0 Å². The highest BCUT2D eigenvalue weighted by Gasteiger charge is 2.25. The van der Waals surface area contributed by atoms with E-state index in [0.29, 0.717) is 11.3 Å². The molecular weight excluding hydrogens is 376 g/mol. The molecule has 1 aromatic heterocycles. The summed E-state index contributed by atoms with van der Waals surface area (Å²) in [5.41, 5.74) is 2.72. The van der Waals surface area contributed by atoms with Crippen molar-refractivity contribution in [3.05, 3.63) is 75.6 Å². The molecule has 0 saturated carbocycles. The summed E-state index contributed by atoms with van der Waals surface area (Å²) in [5.74, 6) is -0.433. The van der Waals surface area contributed by atoms with Gasteiger partial charge in [0.1, 0.15) is 12.1 Å². The minimum atomic E-state index is -0.610. The molecule has 0 atom stereocenters. The van der Waals surface area contributed by atoms with Crippen molar-refractivity contribution in [2.75, 3.05) is 12.4 Å². The zero-order valence-corrected chi connectivity index (χ0v) is 16.0. The third kappa shape index (κ3) is 4.46. The summed E-state index contributed by atoms with van der Waals surface area (Å²) >= 11 is 0. The molecule has 0 aliphatic rings. The van der Waals surface area contributed by atoms with E-state index in [1.165, 1.54) is 37.7 Å². The Morgan fingerprint density at radius 2 is 1.79 bits per heavy atom. The molecule has 9 nitrogen and oxygen atoms in total. The van der Waals surface area contributed by atoms with Crippen LogP contribution in [0.4, 0.5) is 17.2 Å². The van der Waals surface area contributed by atoms with Crippen LogP contribution in [0, 0.1) is 24.0 Å². The van der Waals surface area contributed by atoms with Gasteiger partial charge in [0.05, 0.1) is 17.6 Å². The number of nitrogens with one attached hydrogen (secondary N) is 1. The Morgan fingerprint density at radius 3 is 2.41 bits per heavy atom. The number of methoxy groups -OCH3 is 1. The predicted molar refractivity (Wildman–Crippen MR) is 106 cm³/mol. The molecule has 148 valence electrons. The molecule has 0 radical (unpaired) electrons. The van der Waals surface area contributed by atoms with E-state index in [1.54, 1.807) is 6.07 Å². The molecule has 3 aromatic rings. The molecule has 3 rings (SSSR count). The van der Waals surface area contributed by atoms with Crippen molar-refractivity contribution in [1.82, 2.24) is 9.97 Å². The van der Waals surface area contributed by atoms with Crippen LogP contribution in [0.3, 0.4) is 0 Å². The van der Waals surface area contributed by atoms with Gasteiger partial charge in [0.25, 0.3) is 0 Å². The summed E-state index contributed by atoms with van der Waals surface area (Å²) in [6.45, 7) is 3.92. The summed E-state index contributed by atoms with van der Waals surface area (Å²) in [5, 5.41) is 14.6. The molecule has 1 N–H and O–H groups in total. The number of nitro groups is 1. The van der Waals surface area contributed by atoms with Gasteiger partial charge in [-0.1, -0.05) is 6.07 Å². The number of carbonyl (C=O) groups is 1. The van der Waals surface area contributed by atoms with E-state index in [0.717, 1.165) is 11.1 Å². The Bertz CT molecular complexity index is 1070. The monoisotopic (exact) mass is 394 g/mol. The van der Waals surface area contributed by atoms with Gasteiger partial charge in [0.2, 0.25) is 5.82 Å². The van der Waals surface area contributed by atoms with Crippen molar-refractivity contribution in [3.8, 4) is 11.6 Å². The number of benzene rings is 2. The second kappa shape index (κ2) is 8.34. The first-order valence-electron chi connectivity index (χ1n) is 8.59. The highest BCUT2D eigenvalue weighted by molar-refractivity contribution is 5.89. The molecular formula is C20H18N4O5. The normalized spacial score (nSPS) is 10.3. The van der Waals surface area contributed by atoms with Gasteiger partial charge in [-0.25, -0.2) is 9.78 Å². The number of aryl methyl sites for hydroxylation is 2. The van der Waals surface area contributed by atoms with Crippen LogP contribution >= 0.6 is 0 Å². The summed E-state index contributed by atoms with van der Waals surface area (Å²) in [6.07, 6.45) is 1.18. The van der Waals surface area contributed by atoms with Gasteiger partial charge in [-0.05, 0) is 61.4 Å². The Balaban J connectivity index is 1.91. The molecule has 0 spiro atoms. The number of nitrogens with zero attached hydrogens (tertiary/aromatic N) is 3. The molecule has 0 unspecified atom stereocenters. The Labute approximate surface area is 166 Å². The van der Waals surface area contributed by atoms with Crippen molar-refractivity contribution in [2.24, 2.45) is 0 Å². The van der Waals surface area contributed by atoms with Gasteiger partial charge in [-0.2, -0.15) is 4.98 Å². The molecule has 29 heavy (non-hydrogen) atoms. The first kappa shape index (κ1) is 19.7. The topological polar surface area (TPSA) is 116 Å². The third-order valence-corrected chi connectivity index (χ3v) is 4.23. The molecule has 0 aliphatic carbocycles. The molecule has 2 aromatic carbocycles. The van der Waals surface area contributed by atoms with Crippen LogP contribution in [-0.4, -0.2) is 28.0 Å². The summed E-state index contributed by atoms with van der Waals surface area (Å²) < 4.78 is 10.2. The number of carbonyl (C=O) groups excluding carboxylic acids is 1. The zero-order valence-electron chi connectivity index (χ0n) is 16.0. The van der Waals surface area contributed by atoms with Crippen LogP contribution in [0.5, 0.6) is 11.6 Å². The number of esters is 1. The zero-order chi connectivity index (χ0) is 21.0. The van der Waals surface area contributed by atoms with Gasteiger partial charge in [-0.15, -0.1) is 0 Å². The SMILES string of the molecule is COC(=O)c1ccc(Oc2ncnc(Nc3ccc(C)c(C)c3)c2[N+](=O)[O-])cc1. The molecule has 0 fully saturated rings. The van der Waals surface area contributed by atoms with Crippen LogP contribution in [0.2, 0.25) is 0 Å². The van der Waals surface area contributed by atoms with Crippen LogP contribution in [0.25, 0.3) is 0 Å². The fourth-order valence-corrected chi connectivity index (χ4v) is 2.54. The van der Waals surface area contributed by atoms with E-state index < -0.39 is 16.6 Å². The van der Waals surface area contributed by atoms with E-state index in [4.69, 9.17) is 4.74 Å². The van der Waals surface area contributed by atoms with Crippen molar-refractivity contribution in [1.29, 1.82) is 0 Å². The van der Waals surface area contributed by atoms with E-state index in [1.807, 2.05) is 26.0 Å². The van der Waals surface area contributed by atoms with Crippen molar-refractivity contribution in [2.45, 2.75) is 13.8 Å². The molecule has 0 aliphatic heterocycles. The Hall–Kier alpha value is -4.01. The highest BCUT2D eigenvalue weighted by Crippen LogP contribution is 2.35. The fraction of sp³-hybridized carbons (Fsp3) is 0.150. The van der Waals surface area contributed by atoms with Crippen LogP contribution in [0.15, 0.2) is 48.8 Å². The lowest BCUT2D eigenvalue weighted by Gasteiger charge is -2.10. The molecule has 9 heteroatoms. The first-order valence-corrected chi connectivity index (χ1v) is 8.59. The van der Waals surface area contributed by atoms with E-state index in [9.17, 15) is 14.9 Å². The summed E-state index contributed by atoms with van der Waals surface area (Å²) in [7, 11) is 1.28. The molecule has 0 bridgehead atoms. The minimum Gasteiger partial charge on any atom is -0.465 e. The van der Waals surface area contributed by atoms with Gasteiger partial charge >= 0.3 is 17.5 Å². The lowest BCUT2D eigenvalue weighted by Crippen LogP contribution is -2.04. The maximum Gasteiger partial charge on any atom is 0.373 e. The van der Waals surface area contributed by atoms with Gasteiger partial charge < -0.3 is 14.8 Å². The number of rotatable bonds is 6. The summed E-state index contributed by atoms with van der Waals surface area (Å²) in [6, 6.07) is 11.5. The predicted octanol–water partition coefficient (Wildman–Crippen LogP) is 4.32. The number of ether oxygens (including phenoxy) is 2. The largest absolute Gasteiger partial charge is 0.465 e. The van der Waals surface area contributed by atoms with Crippen LogP contribution in [-0.2, 0) is 4.74 Å². The number of aromatic nitrogens is 2. The number of anilines is 2. The minimum absolute atomic E-state index is 0.00874. The van der Waals surface area contributed by atoms with Crippen molar-refractivity contribution < 1.29 is 19.2 Å². The highest BCUT2D eigenvalue weighted by atomic mass is 16.6. The van der Waals surface area contributed by atoms with Gasteiger partial charge in [-0.3, -0.25) is 10.1 Å². The van der Waals surface area contributed by atoms with E-state index >= 15 is 0 Å². The molecule has 1 heterocycles.